The van der Waals surface area contributed by atoms with Gasteiger partial charge in [-0.05, 0) is 6.07 Å². The zero-order valence-corrected chi connectivity index (χ0v) is 6.86. The Hall–Kier alpha value is -1.57. The average Bonchev–Trinajstić information content (AvgIpc) is 2.03. The van der Waals surface area contributed by atoms with Crippen molar-refractivity contribution in [2.45, 2.75) is 5.03 Å². The van der Waals surface area contributed by atoms with Gasteiger partial charge in [0.15, 0.2) is 5.03 Å². The zero-order chi connectivity index (χ0) is 10.1. The normalized spacial score (nSPS) is 11.2. The third-order valence-electron chi connectivity index (χ3n) is 1.18. The zero-order valence-electron chi connectivity index (χ0n) is 6.05. The first-order chi connectivity index (χ1) is 5.91. The van der Waals surface area contributed by atoms with Crippen molar-refractivity contribution < 1.29 is 17.2 Å². The summed E-state index contributed by atoms with van der Waals surface area (Å²) in [5, 5.41) is 9.25. The molecule has 0 radical (unpaired) electrons. The lowest BCUT2D eigenvalue weighted by atomic mass is 10.4. The van der Waals surface area contributed by atoms with E-state index in [2.05, 4.69) is 4.98 Å². The van der Waals surface area contributed by atoms with Crippen molar-refractivity contribution in [3.8, 4) is 0 Å². The average molecular weight is 206 g/mol. The molecule has 13 heavy (non-hydrogen) atoms. The molecule has 1 rings (SSSR count). The van der Waals surface area contributed by atoms with E-state index in [-0.39, 0.29) is 0 Å². The van der Waals surface area contributed by atoms with Crippen molar-refractivity contribution in [2.24, 2.45) is 0 Å². The fourth-order valence-electron chi connectivity index (χ4n) is 0.625. The minimum Gasteiger partial charge on any atom is -0.258 e. The van der Waals surface area contributed by atoms with Crippen LogP contribution < -0.4 is 0 Å². The van der Waals surface area contributed by atoms with Crippen molar-refractivity contribution in [3.05, 3.63) is 28.4 Å². The number of hydrogen-bond donors (Lipinski definition) is 0. The third-order valence-corrected chi connectivity index (χ3v) is 1.92. The van der Waals surface area contributed by atoms with Crippen molar-refractivity contribution in [2.75, 3.05) is 0 Å². The molecule has 0 saturated carbocycles. The molecule has 0 aliphatic carbocycles. The van der Waals surface area contributed by atoms with Crippen LogP contribution in [0.25, 0.3) is 0 Å². The third kappa shape index (κ3) is 2.18. The number of rotatable bonds is 2. The minimum atomic E-state index is -4.88. The Morgan fingerprint density at radius 3 is 2.38 bits per heavy atom. The van der Waals surface area contributed by atoms with Gasteiger partial charge >= 0.3 is 10.2 Å². The molecule has 0 aliphatic heterocycles. The van der Waals surface area contributed by atoms with Gasteiger partial charge in [-0.2, -0.15) is 8.42 Å². The van der Waals surface area contributed by atoms with Crippen molar-refractivity contribution in [1.82, 2.24) is 4.98 Å². The molecule has 0 fully saturated rings. The molecular weight excluding hydrogens is 203 g/mol. The Morgan fingerprint density at radius 2 is 2.08 bits per heavy atom. The standard InChI is InChI=1S/C5H3FN2O4S/c6-13(11,12)5-2-1-4(3-7-5)8(9)10/h1-3H. The smallest absolute Gasteiger partial charge is 0.258 e. The predicted molar refractivity (Wildman–Crippen MR) is 39.2 cm³/mol. The molecule has 0 bridgehead atoms. The first kappa shape index (κ1) is 9.52. The van der Waals surface area contributed by atoms with Gasteiger partial charge < -0.3 is 0 Å². The summed E-state index contributed by atoms with van der Waals surface area (Å²) in [5.41, 5.74) is -0.396. The van der Waals surface area contributed by atoms with Gasteiger partial charge in [0.2, 0.25) is 0 Å². The highest BCUT2D eigenvalue weighted by molar-refractivity contribution is 7.86. The van der Waals surface area contributed by atoms with Crippen LogP contribution in [0.2, 0.25) is 0 Å². The summed E-state index contributed by atoms with van der Waals surface area (Å²) < 4.78 is 32.6. The lowest BCUT2D eigenvalue weighted by Gasteiger charge is -1.92. The van der Waals surface area contributed by atoms with Crippen LogP contribution in [-0.4, -0.2) is 18.3 Å². The maximum atomic E-state index is 12.2. The van der Waals surface area contributed by atoms with Crippen LogP contribution >= 0.6 is 0 Å². The summed E-state index contributed by atoms with van der Waals surface area (Å²) in [7, 11) is -4.88. The Kier molecular flexibility index (Phi) is 2.24. The van der Waals surface area contributed by atoms with E-state index in [4.69, 9.17) is 0 Å². The molecule has 0 unspecified atom stereocenters. The second kappa shape index (κ2) is 3.05. The van der Waals surface area contributed by atoms with Gasteiger partial charge in [0, 0.05) is 6.07 Å². The van der Waals surface area contributed by atoms with Crippen LogP contribution in [0.4, 0.5) is 9.57 Å². The number of nitrogens with zero attached hydrogens (tertiary/aromatic N) is 2. The quantitative estimate of drug-likeness (QED) is 0.402. The van der Waals surface area contributed by atoms with E-state index in [1.54, 1.807) is 0 Å². The first-order valence-corrected chi connectivity index (χ1v) is 4.35. The van der Waals surface area contributed by atoms with Gasteiger partial charge in [-0.1, -0.05) is 3.89 Å². The molecule has 8 heteroatoms. The summed E-state index contributed by atoms with van der Waals surface area (Å²) in [6.45, 7) is 0. The Labute approximate surface area is 72.4 Å². The molecular formula is C5H3FN2O4S. The van der Waals surface area contributed by atoms with Gasteiger partial charge in [-0.15, -0.1) is 0 Å². The van der Waals surface area contributed by atoms with E-state index in [0.717, 1.165) is 12.1 Å². The second-order valence-corrected chi connectivity index (χ2v) is 3.34. The number of halogens is 1. The van der Waals surface area contributed by atoms with Crippen LogP contribution in [0.3, 0.4) is 0 Å². The van der Waals surface area contributed by atoms with Crippen LogP contribution in [0.15, 0.2) is 23.4 Å². The van der Waals surface area contributed by atoms with E-state index in [1.807, 2.05) is 0 Å². The molecule has 70 valence electrons. The summed E-state index contributed by atoms with van der Waals surface area (Å²) in [5.74, 6) is 0. The van der Waals surface area contributed by atoms with E-state index >= 15 is 0 Å². The molecule has 0 saturated heterocycles. The van der Waals surface area contributed by atoms with E-state index in [1.165, 1.54) is 0 Å². The molecule has 0 aromatic carbocycles. The summed E-state index contributed by atoms with van der Waals surface area (Å²) in [4.78, 5) is 12.4. The maximum absolute atomic E-state index is 12.2. The molecule has 0 atom stereocenters. The summed E-state index contributed by atoms with van der Waals surface area (Å²) in [6.07, 6.45) is 0.673. The largest absolute Gasteiger partial charge is 0.349 e. The van der Waals surface area contributed by atoms with Crippen molar-refractivity contribution in [3.63, 3.8) is 0 Å². The number of aromatic nitrogens is 1. The number of pyridine rings is 1. The minimum absolute atomic E-state index is 0.396. The van der Waals surface area contributed by atoms with E-state index < -0.39 is 25.9 Å². The fourth-order valence-corrected chi connectivity index (χ4v) is 1.03. The topological polar surface area (TPSA) is 90.2 Å². The maximum Gasteiger partial charge on any atom is 0.349 e. The number of nitro groups is 1. The number of hydrogen-bond acceptors (Lipinski definition) is 5. The Morgan fingerprint density at radius 1 is 1.46 bits per heavy atom. The van der Waals surface area contributed by atoms with Gasteiger partial charge in [0.1, 0.15) is 6.20 Å². The van der Waals surface area contributed by atoms with Crippen LogP contribution in [0, 0.1) is 10.1 Å². The van der Waals surface area contributed by atoms with Gasteiger partial charge in [-0.25, -0.2) is 4.98 Å². The molecule has 0 N–H and O–H groups in total. The lowest BCUT2D eigenvalue weighted by Crippen LogP contribution is -1.96. The molecule has 6 nitrogen and oxygen atoms in total. The van der Waals surface area contributed by atoms with Gasteiger partial charge in [0.25, 0.3) is 5.69 Å². The van der Waals surface area contributed by atoms with Crippen LogP contribution in [0.5, 0.6) is 0 Å². The SMILES string of the molecule is O=[N+]([O-])c1ccc(S(=O)(=O)F)nc1. The Bertz CT molecular complexity index is 426. The molecule has 1 heterocycles. The molecule has 1 aromatic heterocycles. The highest BCUT2D eigenvalue weighted by atomic mass is 32.3. The van der Waals surface area contributed by atoms with E-state index in [9.17, 15) is 22.4 Å². The summed E-state index contributed by atoms with van der Waals surface area (Å²) >= 11 is 0. The van der Waals surface area contributed by atoms with Crippen LogP contribution in [0.1, 0.15) is 0 Å². The van der Waals surface area contributed by atoms with Crippen molar-refractivity contribution >= 4 is 15.9 Å². The first-order valence-electron chi connectivity index (χ1n) is 2.96. The molecule has 1 aromatic rings. The highest BCUT2D eigenvalue weighted by Crippen LogP contribution is 2.13. The molecule has 0 aliphatic rings. The fraction of sp³-hybridized carbons (Fsp3) is 0. The van der Waals surface area contributed by atoms with Crippen LogP contribution in [-0.2, 0) is 10.2 Å². The monoisotopic (exact) mass is 206 g/mol. The molecule has 0 amide bonds. The lowest BCUT2D eigenvalue weighted by molar-refractivity contribution is -0.385. The van der Waals surface area contributed by atoms with Gasteiger partial charge in [-0.3, -0.25) is 10.1 Å². The summed E-state index contributed by atoms with van der Waals surface area (Å²) in [6, 6.07) is 1.59. The Balaban J connectivity index is 3.16. The van der Waals surface area contributed by atoms with E-state index in [0.29, 0.717) is 6.20 Å². The highest BCUT2D eigenvalue weighted by Gasteiger charge is 2.15. The second-order valence-electron chi connectivity index (χ2n) is 2.05. The predicted octanol–water partition coefficient (Wildman–Crippen LogP) is 0.648. The van der Waals surface area contributed by atoms with Gasteiger partial charge in [0.05, 0.1) is 4.92 Å². The molecule has 0 spiro atoms. The van der Waals surface area contributed by atoms with Crippen molar-refractivity contribution in [1.29, 1.82) is 0 Å².